The molecule has 4 aromatic rings. The standard InChI is InChI=1S/C20H24N8O4/c1-9-5-13-18(30)26-11(3)7-15(23-26)20(32)28-12(4)8-16(24-28)19(31)27-10(2)6-14(22-27)17(29)25(9)21-13/h5-8,17-20,29-32H,1-4H3. The Morgan fingerprint density at radius 2 is 0.656 bits per heavy atom. The lowest BCUT2D eigenvalue weighted by Crippen LogP contribution is -2.20. The van der Waals surface area contributed by atoms with Gasteiger partial charge in [-0.15, -0.1) is 0 Å². The van der Waals surface area contributed by atoms with E-state index in [9.17, 15) is 20.4 Å². The molecule has 0 aliphatic carbocycles. The molecule has 0 aromatic carbocycles. The van der Waals surface area contributed by atoms with Crippen molar-refractivity contribution >= 4 is 0 Å². The zero-order valence-electron chi connectivity index (χ0n) is 18.0. The van der Waals surface area contributed by atoms with Gasteiger partial charge in [0.05, 0.1) is 0 Å². The number of fused-ring (bicyclic) bond motifs is 8. The minimum absolute atomic E-state index is 0.273. The van der Waals surface area contributed by atoms with Gasteiger partial charge in [-0.1, -0.05) is 0 Å². The maximum atomic E-state index is 10.9. The van der Waals surface area contributed by atoms with E-state index in [4.69, 9.17) is 0 Å². The van der Waals surface area contributed by atoms with Crippen LogP contribution in [-0.2, 0) is 0 Å². The summed E-state index contributed by atoms with van der Waals surface area (Å²) in [4.78, 5) is 0. The Balaban J connectivity index is 1.73. The number of aryl methyl sites for hydroxylation is 4. The Hall–Kier alpha value is -3.32. The van der Waals surface area contributed by atoms with Gasteiger partial charge in [0.2, 0.25) is 0 Å². The first-order chi connectivity index (χ1) is 15.2. The van der Waals surface area contributed by atoms with E-state index in [1.807, 2.05) is 0 Å². The predicted molar refractivity (Wildman–Crippen MR) is 109 cm³/mol. The number of hydrogen-bond donors (Lipinski definition) is 4. The highest BCUT2D eigenvalue weighted by atomic mass is 16.3. The van der Waals surface area contributed by atoms with Gasteiger partial charge in [-0.3, -0.25) is 0 Å². The molecule has 32 heavy (non-hydrogen) atoms. The van der Waals surface area contributed by atoms with E-state index >= 15 is 0 Å². The molecule has 0 amide bonds. The van der Waals surface area contributed by atoms with Crippen molar-refractivity contribution < 1.29 is 20.4 Å². The Morgan fingerprint density at radius 1 is 0.469 bits per heavy atom. The van der Waals surface area contributed by atoms with Gasteiger partial charge in [-0.05, 0) is 52.0 Å². The third kappa shape index (κ3) is 2.99. The topological polar surface area (TPSA) is 152 Å². The quantitative estimate of drug-likeness (QED) is 0.302. The molecule has 4 N–H and O–H groups in total. The second-order valence-electron chi connectivity index (χ2n) is 8.12. The molecule has 0 saturated carbocycles. The minimum Gasteiger partial charge on any atom is -0.367 e. The highest BCUT2D eigenvalue weighted by Crippen LogP contribution is 2.27. The molecule has 12 nitrogen and oxygen atoms in total. The molecule has 12 heteroatoms. The van der Waals surface area contributed by atoms with Crippen LogP contribution in [0.2, 0.25) is 0 Å². The molecular weight excluding hydrogens is 416 g/mol. The third-order valence-electron chi connectivity index (χ3n) is 5.75. The molecule has 8 bridgehead atoms. The van der Waals surface area contributed by atoms with Crippen LogP contribution in [0.3, 0.4) is 0 Å². The summed E-state index contributed by atoms with van der Waals surface area (Å²) >= 11 is 0. The fraction of sp³-hybridized carbons (Fsp3) is 0.400. The monoisotopic (exact) mass is 440 g/mol. The fourth-order valence-corrected chi connectivity index (χ4v) is 4.05. The number of hydrogen-bond acceptors (Lipinski definition) is 8. The lowest BCUT2D eigenvalue weighted by Gasteiger charge is -2.14. The van der Waals surface area contributed by atoms with Crippen molar-refractivity contribution in [2.24, 2.45) is 0 Å². The number of nitrogens with zero attached hydrogens (tertiary/aromatic N) is 8. The number of aliphatic hydroxyl groups is 4. The smallest absolute Gasteiger partial charge is 0.192 e. The summed E-state index contributed by atoms with van der Waals surface area (Å²) in [6.45, 7) is 7.00. The van der Waals surface area contributed by atoms with E-state index in [0.717, 1.165) is 0 Å². The Morgan fingerprint density at radius 3 is 0.844 bits per heavy atom. The van der Waals surface area contributed by atoms with E-state index in [-0.39, 0.29) is 22.8 Å². The molecule has 4 aromatic heterocycles. The summed E-state index contributed by atoms with van der Waals surface area (Å²) in [5.74, 6) is 0. The first-order valence-corrected chi connectivity index (χ1v) is 10.1. The highest BCUT2D eigenvalue weighted by molar-refractivity contribution is 5.22. The third-order valence-corrected chi connectivity index (χ3v) is 5.75. The van der Waals surface area contributed by atoms with Crippen molar-refractivity contribution in [3.63, 3.8) is 0 Å². The number of rotatable bonds is 0. The normalized spacial score (nSPS) is 23.0. The summed E-state index contributed by atoms with van der Waals surface area (Å²) in [7, 11) is 0. The average molecular weight is 440 g/mol. The van der Waals surface area contributed by atoms with E-state index in [1.54, 1.807) is 52.0 Å². The molecule has 0 spiro atoms. The molecule has 1 aliphatic rings. The maximum absolute atomic E-state index is 10.9. The van der Waals surface area contributed by atoms with Crippen LogP contribution in [0.1, 0.15) is 70.5 Å². The molecule has 0 fully saturated rings. The molecular formula is C20H24N8O4. The molecule has 0 saturated heterocycles. The second-order valence-corrected chi connectivity index (χ2v) is 8.12. The minimum atomic E-state index is -1.23. The first kappa shape index (κ1) is 20.6. The first-order valence-electron chi connectivity index (χ1n) is 10.1. The molecule has 0 radical (unpaired) electrons. The number of aromatic nitrogens is 8. The van der Waals surface area contributed by atoms with Crippen LogP contribution in [0.15, 0.2) is 24.3 Å². The summed E-state index contributed by atoms with van der Waals surface area (Å²) in [5.41, 5.74) is 3.49. The van der Waals surface area contributed by atoms with E-state index in [2.05, 4.69) is 20.4 Å². The van der Waals surface area contributed by atoms with Crippen LogP contribution in [0.25, 0.3) is 0 Å². The van der Waals surface area contributed by atoms with Crippen molar-refractivity contribution in [3.8, 4) is 0 Å². The summed E-state index contributed by atoms with van der Waals surface area (Å²) < 4.78 is 5.37. The Bertz CT molecular complexity index is 1110. The van der Waals surface area contributed by atoms with Gasteiger partial charge in [0.25, 0.3) is 0 Å². The summed E-state index contributed by atoms with van der Waals surface area (Å²) in [6.07, 6.45) is -4.92. The van der Waals surface area contributed by atoms with Gasteiger partial charge in [0.1, 0.15) is 22.8 Å². The van der Waals surface area contributed by atoms with Crippen LogP contribution in [-0.4, -0.2) is 59.5 Å². The van der Waals surface area contributed by atoms with E-state index in [1.165, 1.54) is 18.7 Å². The van der Waals surface area contributed by atoms with Crippen molar-refractivity contribution in [1.82, 2.24) is 39.1 Å². The van der Waals surface area contributed by atoms with Gasteiger partial charge < -0.3 is 20.4 Å². The van der Waals surface area contributed by atoms with Crippen LogP contribution < -0.4 is 0 Å². The van der Waals surface area contributed by atoms with Gasteiger partial charge in [0.15, 0.2) is 24.9 Å². The van der Waals surface area contributed by atoms with E-state index < -0.39 is 24.9 Å². The molecule has 168 valence electrons. The van der Waals surface area contributed by atoms with Crippen molar-refractivity contribution in [1.29, 1.82) is 0 Å². The second kappa shape index (κ2) is 7.10. The number of aliphatic hydroxyl groups excluding tert-OH is 4. The van der Waals surface area contributed by atoms with Gasteiger partial charge in [-0.25, -0.2) is 18.7 Å². The van der Waals surface area contributed by atoms with Crippen molar-refractivity contribution in [2.45, 2.75) is 52.6 Å². The molecule has 4 unspecified atom stereocenters. The van der Waals surface area contributed by atoms with Gasteiger partial charge in [-0.2, -0.15) is 20.4 Å². The average Bonchev–Trinajstić information content (AvgIpc) is 3.51. The van der Waals surface area contributed by atoms with Crippen LogP contribution in [0, 0.1) is 27.7 Å². The molecule has 4 atom stereocenters. The highest BCUT2D eigenvalue weighted by Gasteiger charge is 2.28. The maximum Gasteiger partial charge on any atom is 0.192 e. The van der Waals surface area contributed by atoms with Crippen LogP contribution in [0.4, 0.5) is 0 Å². The lowest BCUT2D eigenvalue weighted by atomic mass is 10.3. The molecule has 1 aliphatic heterocycles. The zero-order chi connectivity index (χ0) is 22.9. The summed E-state index contributed by atoms with van der Waals surface area (Å²) in [6, 6.07) is 6.58. The fourth-order valence-electron chi connectivity index (χ4n) is 4.05. The van der Waals surface area contributed by atoms with Crippen LogP contribution in [0.5, 0.6) is 0 Å². The van der Waals surface area contributed by atoms with E-state index in [0.29, 0.717) is 22.8 Å². The summed E-state index contributed by atoms with van der Waals surface area (Å²) in [5, 5.41) is 61.2. The SMILES string of the molecule is Cc1cc2nn1C(O)c1cc(C)n(n1)C(O)c1cc(C)n(n1)C(O)c1cc(C)n(n1)C2O. The van der Waals surface area contributed by atoms with Gasteiger partial charge in [0, 0.05) is 22.8 Å². The Kier molecular flexibility index (Phi) is 4.57. The van der Waals surface area contributed by atoms with Crippen LogP contribution >= 0.6 is 0 Å². The molecule has 5 heterocycles. The van der Waals surface area contributed by atoms with Crippen molar-refractivity contribution in [3.05, 3.63) is 69.8 Å². The largest absolute Gasteiger partial charge is 0.367 e. The van der Waals surface area contributed by atoms with Gasteiger partial charge >= 0.3 is 0 Å². The Labute approximate surface area is 182 Å². The lowest BCUT2D eigenvalue weighted by molar-refractivity contribution is 0.0942. The predicted octanol–water partition coefficient (Wildman–Crippen LogP) is 0.176. The zero-order valence-corrected chi connectivity index (χ0v) is 18.0. The van der Waals surface area contributed by atoms with Crippen molar-refractivity contribution in [2.75, 3.05) is 0 Å². The molecule has 5 rings (SSSR count).